The van der Waals surface area contributed by atoms with Crippen molar-refractivity contribution in [2.24, 2.45) is 50.2 Å². The minimum Gasteiger partial charge on any atom is -0.461 e. The van der Waals surface area contributed by atoms with Gasteiger partial charge in [0.25, 0.3) is 0 Å². The van der Waals surface area contributed by atoms with E-state index in [0.29, 0.717) is 5.92 Å². The molecule has 1 heterocycles. The maximum atomic E-state index is 12.9. The van der Waals surface area contributed by atoms with Gasteiger partial charge in [-0.05, 0) is 133 Å². The second kappa shape index (κ2) is 8.52. The van der Waals surface area contributed by atoms with Crippen LogP contribution in [0.15, 0.2) is 0 Å². The Morgan fingerprint density at radius 1 is 0.829 bits per heavy atom. The van der Waals surface area contributed by atoms with Crippen LogP contribution in [-0.4, -0.2) is 56.9 Å². The Bertz CT molecular complexity index is 1100. The molecule has 0 aromatic heterocycles. The fourth-order valence-corrected chi connectivity index (χ4v) is 12.6. The highest BCUT2D eigenvalue weighted by atomic mass is 16.5. The van der Waals surface area contributed by atoms with Crippen molar-refractivity contribution < 1.29 is 29.6 Å². The van der Waals surface area contributed by atoms with E-state index in [9.17, 15) is 20.1 Å². The quantitative estimate of drug-likeness (QED) is 0.356. The Balaban J connectivity index is 1.31. The Hall–Kier alpha value is -0.690. The maximum absolute atomic E-state index is 12.9. The third kappa shape index (κ3) is 3.78. The van der Waals surface area contributed by atoms with E-state index in [0.717, 1.165) is 57.8 Å². The first kappa shape index (κ1) is 30.3. The molecule has 2 spiro atoms. The summed E-state index contributed by atoms with van der Waals surface area (Å²) in [7, 11) is 0. The molecule has 6 nitrogen and oxygen atoms in total. The predicted molar refractivity (Wildman–Crippen MR) is 158 cm³/mol. The number of aliphatic hydroxyl groups is 3. The van der Waals surface area contributed by atoms with E-state index in [-0.39, 0.29) is 57.1 Å². The van der Waals surface area contributed by atoms with Gasteiger partial charge >= 0.3 is 5.97 Å². The lowest BCUT2D eigenvalue weighted by molar-refractivity contribution is -0.220. The van der Waals surface area contributed by atoms with Gasteiger partial charge in [0.2, 0.25) is 0 Å². The van der Waals surface area contributed by atoms with Crippen molar-refractivity contribution in [2.45, 2.75) is 163 Å². The lowest BCUT2D eigenvalue weighted by Crippen LogP contribution is -2.62. The predicted octanol–water partition coefficient (Wildman–Crippen LogP) is 6.03. The summed E-state index contributed by atoms with van der Waals surface area (Å²) < 4.78 is 12.9. The lowest BCUT2D eigenvalue weighted by atomic mass is 9.41. The van der Waals surface area contributed by atoms with Gasteiger partial charge in [-0.3, -0.25) is 4.79 Å². The Morgan fingerprint density at radius 2 is 1.49 bits per heavy atom. The van der Waals surface area contributed by atoms with Crippen LogP contribution in [0.4, 0.5) is 0 Å². The third-order valence-electron chi connectivity index (χ3n) is 14.6. The van der Waals surface area contributed by atoms with E-state index < -0.39 is 28.8 Å². The number of carbonyl (C=O) groups excluding carboxylic acids is 1. The highest BCUT2D eigenvalue weighted by molar-refractivity contribution is 5.75. The lowest BCUT2D eigenvalue weighted by Gasteiger charge is -2.64. The van der Waals surface area contributed by atoms with E-state index >= 15 is 0 Å². The summed E-state index contributed by atoms with van der Waals surface area (Å²) in [6.45, 7) is 20.9. The molecule has 12 atom stereocenters. The molecule has 5 aliphatic carbocycles. The zero-order chi connectivity index (χ0) is 30.4. The number of fused-ring (bicyclic) bond motifs is 2. The molecule has 0 bridgehead atoms. The van der Waals surface area contributed by atoms with Crippen LogP contribution in [0.5, 0.6) is 0 Å². The summed E-state index contributed by atoms with van der Waals surface area (Å²) in [5.41, 5.74) is -2.19. The van der Waals surface area contributed by atoms with Gasteiger partial charge in [0.1, 0.15) is 6.10 Å². The number of hydrogen-bond acceptors (Lipinski definition) is 6. The van der Waals surface area contributed by atoms with Crippen molar-refractivity contribution in [2.75, 3.05) is 0 Å². The molecule has 6 rings (SSSR count). The van der Waals surface area contributed by atoms with Crippen LogP contribution >= 0.6 is 0 Å². The van der Waals surface area contributed by atoms with Crippen LogP contribution in [0.1, 0.15) is 127 Å². The fourth-order valence-electron chi connectivity index (χ4n) is 12.6. The molecule has 0 amide bonds. The molecule has 6 aliphatic rings. The highest BCUT2D eigenvalue weighted by Crippen LogP contribution is 2.89. The van der Waals surface area contributed by atoms with Gasteiger partial charge < -0.3 is 24.8 Å². The highest BCUT2D eigenvalue weighted by Gasteiger charge is 2.85. The van der Waals surface area contributed by atoms with Crippen molar-refractivity contribution in [1.29, 1.82) is 0 Å². The van der Waals surface area contributed by atoms with Crippen LogP contribution in [-0.2, 0) is 14.3 Å². The van der Waals surface area contributed by atoms with Crippen molar-refractivity contribution in [1.82, 2.24) is 0 Å². The molecule has 3 N–H and O–H groups in total. The molecule has 0 aromatic carbocycles. The first-order chi connectivity index (χ1) is 18.6. The monoisotopic (exact) mass is 574 g/mol. The van der Waals surface area contributed by atoms with E-state index in [4.69, 9.17) is 9.47 Å². The summed E-state index contributed by atoms with van der Waals surface area (Å²) in [5.74, 6) is 0.301. The smallest absolute Gasteiger partial charge is 0.311 e. The number of ether oxygens (including phenoxy) is 2. The van der Waals surface area contributed by atoms with E-state index in [1.54, 1.807) is 0 Å². The Kier molecular flexibility index (Phi) is 6.30. The third-order valence-corrected chi connectivity index (χ3v) is 14.6. The second-order valence-corrected chi connectivity index (χ2v) is 18.5. The van der Waals surface area contributed by atoms with Crippen LogP contribution < -0.4 is 0 Å². The molecule has 1 aliphatic heterocycles. The average molecular weight is 575 g/mol. The molecule has 1 saturated heterocycles. The van der Waals surface area contributed by atoms with Gasteiger partial charge in [-0.2, -0.15) is 0 Å². The van der Waals surface area contributed by atoms with Gasteiger partial charge in [-0.25, -0.2) is 0 Å². The molecule has 5 saturated carbocycles. The van der Waals surface area contributed by atoms with E-state index in [1.807, 2.05) is 34.6 Å². The summed E-state index contributed by atoms with van der Waals surface area (Å²) in [6.07, 6.45) is 7.04. The van der Waals surface area contributed by atoms with E-state index in [2.05, 4.69) is 34.6 Å². The number of carbonyl (C=O) groups is 1. The Labute approximate surface area is 248 Å². The van der Waals surface area contributed by atoms with Gasteiger partial charge in [0.15, 0.2) is 0 Å². The number of rotatable bonds is 3. The molecule has 234 valence electrons. The van der Waals surface area contributed by atoms with Crippen molar-refractivity contribution >= 4 is 5.97 Å². The zero-order valence-electron chi connectivity index (χ0n) is 27.5. The topological polar surface area (TPSA) is 96.2 Å². The summed E-state index contributed by atoms with van der Waals surface area (Å²) >= 11 is 0. The first-order valence-corrected chi connectivity index (χ1v) is 16.6. The number of esters is 1. The summed E-state index contributed by atoms with van der Waals surface area (Å²) in [5, 5.41) is 34.7. The molecule has 41 heavy (non-hydrogen) atoms. The molecule has 0 aromatic rings. The summed E-state index contributed by atoms with van der Waals surface area (Å²) in [6, 6.07) is 0. The van der Waals surface area contributed by atoms with Crippen LogP contribution in [0.2, 0.25) is 0 Å². The molecule has 6 fully saturated rings. The zero-order valence-corrected chi connectivity index (χ0v) is 27.5. The molecular weight excluding hydrogens is 516 g/mol. The van der Waals surface area contributed by atoms with Gasteiger partial charge in [-0.1, -0.05) is 27.7 Å². The Morgan fingerprint density at radius 3 is 2.07 bits per heavy atom. The summed E-state index contributed by atoms with van der Waals surface area (Å²) in [4.78, 5) is 12.9. The SMILES string of the molecule is CC(C)(C)C(=O)O[C@H]1CC[C@]23CC24CC[C@]2(C)[C@@H]([C@@]5(C)CC[C@@H](C(C)(C)O)O5)[C@@H](O)C[C@@]2(C)[C@@H]4C[C@H](O)[C@H]3C1(C)C. The molecule has 0 radical (unpaired) electrons. The standard InChI is InChI=1S/C35H58O6/c1-28(2,3)27(38)40-23-12-14-35-19-34(35)16-15-31(8)26(33(10)13-11-24(41-33)30(6,7)39)21(37)18-32(31,9)22(34)17-20(36)25(35)29(23,4)5/h20-26,36-37,39H,11-19H2,1-10H3/t20-,21-,22-,23-,24-,25-,26-,31+,32-,33+,34?,35+/m0/s1. The fraction of sp³-hybridized carbons (Fsp3) is 0.971. The maximum Gasteiger partial charge on any atom is 0.311 e. The van der Waals surface area contributed by atoms with Crippen molar-refractivity contribution in [3.8, 4) is 0 Å². The van der Waals surface area contributed by atoms with Gasteiger partial charge in [0, 0.05) is 11.3 Å². The van der Waals surface area contributed by atoms with Crippen molar-refractivity contribution in [3.63, 3.8) is 0 Å². The minimum atomic E-state index is -0.905. The largest absolute Gasteiger partial charge is 0.461 e. The molecular formula is C35H58O6. The average Bonchev–Trinajstić information content (AvgIpc) is 3.17. The second-order valence-electron chi connectivity index (χ2n) is 18.5. The number of hydrogen-bond donors (Lipinski definition) is 3. The van der Waals surface area contributed by atoms with Crippen LogP contribution in [0.25, 0.3) is 0 Å². The van der Waals surface area contributed by atoms with Crippen LogP contribution in [0.3, 0.4) is 0 Å². The molecule has 1 unspecified atom stereocenters. The van der Waals surface area contributed by atoms with Crippen LogP contribution in [0, 0.1) is 50.2 Å². The molecule has 6 heteroatoms. The van der Waals surface area contributed by atoms with Crippen molar-refractivity contribution in [3.05, 3.63) is 0 Å². The van der Waals surface area contributed by atoms with E-state index in [1.165, 1.54) is 0 Å². The number of aliphatic hydroxyl groups excluding tert-OH is 2. The van der Waals surface area contributed by atoms with Gasteiger partial charge in [0.05, 0.1) is 34.9 Å². The minimum absolute atomic E-state index is 0.00162. The van der Waals surface area contributed by atoms with Gasteiger partial charge in [-0.15, -0.1) is 0 Å². The normalized spacial score (nSPS) is 54.0. The first-order valence-electron chi connectivity index (χ1n) is 16.6.